The molecule has 0 aromatic carbocycles. The second-order valence-electron chi connectivity index (χ2n) is 11.8. The van der Waals surface area contributed by atoms with Crippen molar-refractivity contribution in [2.75, 3.05) is 44.2 Å². The molecule has 0 aliphatic carbocycles. The Labute approximate surface area is 271 Å². The van der Waals surface area contributed by atoms with Gasteiger partial charge in [0.1, 0.15) is 18.3 Å². The van der Waals surface area contributed by atoms with Crippen molar-refractivity contribution in [3.8, 4) is 0 Å². The van der Waals surface area contributed by atoms with Gasteiger partial charge in [0.2, 0.25) is 5.95 Å². The highest BCUT2D eigenvalue weighted by molar-refractivity contribution is 9.10. The number of nitrogens with one attached hydrogen (secondary N) is 1. The van der Waals surface area contributed by atoms with Crippen LogP contribution in [0.4, 0.5) is 5.95 Å². The lowest BCUT2D eigenvalue weighted by atomic mass is 9.99. The Morgan fingerprint density at radius 3 is 2.11 bits per heavy atom. The van der Waals surface area contributed by atoms with Gasteiger partial charge in [0.15, 0.2) is 32.4 Å². The van der Waals surface area contributed by atoms with Crippen LogP contribution in [0.25, 0.3) is 11.2 Å². The number of thioether (sulfide) groups is 2. The molecule has 1 aliphatic heterocycles. The van der Waals surface area contributed by atoms with Gasteiger partial charge >= 0.3 is 7.82 Å². The summed E-state index contributed by atoms with van der Waals surface area (Å²) >= 11 is 5.35. The van der Waals surface area contributed by atoms with Crippen molar-refractivity contribution < 1.29 is 42.3 Å². The van der Waals surface area contributed by atoms with E-state index in [0.29, 0.717) is 0 Å². The quantitative estimate of drug-likeness (QED) is 0.152. The molecular formula is C25H39BrN5O10PS2. The van der Waals surface area contributed by atoms with Gasteiger partial charge < -0.3 is 20.3 Å². The lowest BCUT2D eigenvalue weighted by Crippen LogP contribution is -2.35. The van der Waals surface area contributed by atoms with E-state index in [1.807, 2.05) is 0 Å². The summed E-state index contributed by atoms with van der Waals surface area (Å²) in [5.74, 6) is 0.234. The van der Waals surface area contributed by atoms with E-state index in [1.165, 1.54) is 11.7 Å². The Bertz CT molecular complexity index is 1410. The number of carbonyl (C=O) groups is 2. The number of halogens is 1. The molecular weight excluding hydrogens is 705 g/mol. The Morgan fingerprint density at radius 2 is 1.61 bits per heavy atom. The topological polar surface area (TPSA) is 207 Å². The number of ether oxygens (including phenoxy) is 2. The number of nitrogens with zero attached hydrogens (tertiary/aromatic N) is 3. The minimum absolute atomic E-state index is 0.0179. The number of imidazole rings is 1. The maximum atomic E-state index is 13.6. The minimum atomic E-state index is -4.25. The van der Waals surface area contributed by atoms with Crippen LogP contribution in [-0.4, -0.2) is 91.6 Å². The highest BCUT2D eigenvalue weighted by Crippen LogP contribution is 2.50. The first-order valence-corrected chi connectivity index (χ1v) is 17.8. The molecule has 4 unspecified atom stereocenters. The van der Waals surface area contributed by atoms with Crippen molar-refractivity contribution in [1.29, 1.82) is 0 Å². The summed E-state index contributed by atoms with van der Waals surface area (Å²) < 4.78 is 43.3. The van der Waals surface area contributed by atoms with Crippen LogP contribution >= 0.6 is 47.3 Å². The monoisotopic (exact) mass is 743 g/mol. The van der Waals surface area contributed by atoms with E-state index in [1.54, 1.807) is 41.5 Å². The zero-order valence-corrected chi connectivity index (χ0v) is 29.6. The summed E-state index contributed by atoms with van der Waals surface area (Å²) in [6.45, 7) is 10.0. The number of aromatic nitrogens is 4. The maximum Gasteiger partial charge on any atom is 0.474 e. The van der Waals surface area contributed by atoms with Crippen LogP contribution in [-0.2, 0) is 37.2 Å². The molecule has 3 rings (SSSR count). The van der Waals surface area contributed by atoms with Crippen molar-refractivity contribution >= 4 is 74.6 Å². The Hall–Kier alpha value is -1.34. The molecule has 1 fully saturated rings. The van der Waals surface area contributed by atoms with E-state index in [-0.39, 0.29) is 56.8 Å². The minimum Gasteiger partial charge on any atom is -0.387 e. The molecule has 44 heavy (non-hydrogen) atoms. The van der Waals surface area contributed by atoms with Crippen LogP contribution in [0.2, 0.25) is 0 Å². The van der Waals surface area contributed by atoms with Gasteiger partial charge in [0.05, 0.1) is 19.8 Å². The van der Waals surface area contributed by atoms with Crippen LogP contribution in [0.3, 0.4) is 0 Å². The Morgan fingerprint density at radius 1 is 1.07 bits per heavy atom. The van der Waals surface area contributed by atoms with Gasteiger partial charge in [0, 0.05) is 29.4 Å². The number of hydrogen-bond acceptors (Lipinski definition) is 15. The number of fused-ring (bicyclic) bond motifs is 1. The molecule has 15 nitrogen and oxygen atoms in total. The molecule has 0 spiro atoms. The summed E-state index contributed by atoms with van der Waals surface area (Å²) in [5, 5.41) is 10.9. The fraction of sp³-hybridized carbons (Fsp3) is 0.720. The van der Waals surface area contributed by atoms with Gasteiger partial charge in [-0.15, -0.1) is 0 Å². The number of hydrogen-bond donors (Lipinski definition) is 3. The molecule has 0 bridgehead atoms. The number of H-pyrrole nitrogens is 1. The fourth-order valence-corrected chi connectivity index (χ4v) is 7.34. The summed E-state index contributed by atoms with van der Waals surface area (Å²) in [4.78, 5) is 47.6. The number of phosphoric acid groups is 1. The number of nitrogens with two attached hydrogens (primary N) is 1. The lowest BCUT2D eigenvalue weighted by Gasteiger charge is -2.22. The number of methoxy groups -OCH3 is 1. The average molecular weight is 745 g/mol. The number of aromatic amines is 1. The average Bonchev–Trinajstić information content (AvgIpc) is 3.41. The summed E-state index contributed by atoms with van der Waals surface area (Å²) in [5.41, 5.74) is 4.10. The maximum absolute atomic E-state index is 13.6. The zero-order chi connectivity index (χ0) is 33.0. The van der Waals surface area contributed by atoms with Crippen molar-refractivity contribution in [2.45, 2.75) is 66.1 Å². The third-order valence-electron chi connectivity index (χ3n) is 6.12. The predicted molar refractivity (Wildman–Crippen MR) is 170 cm³/mol. The molecule has 19 heteroatoms. The van der Waals surface area contributed by atoms with Gasteiger partial charge in [-0.1, -0.05) is 65.1 Å². The van der Waals surface area contributed by atoms with E-state index in [9.17, 15) is 24.1 Å². The second kappa shape index (κ2) is 15.0. The second-order valence-corrected chi connectivity index (χ2v) is 16.3. The number of aliphatic hydroxyl groups is 1. The van der Waals surface area contributed by atoms with Gasteiger partial charge in [-0.2, -0.15) is 4.98 Å². The molecule has 0 amide bonds. The zero-order valence-electron chi connectivity index (χ0n) is 25.5. The largest absolute Gasteiger partial charge is 0.474 e. The summed E-state index contributed by atoms with van der Waals surface area (Å²) in [6, 6.07) is 0. The van der Waals surface area contributed by atoms with Crippen LogP contribution in [0, 0.1) is 10.8 Å². The van der Waals surface area contributed by atoms with Crippen molar-refractivity contribution in [2.24, 2.45) is 10.8 Å². The van der Waals surface area contributed by atoms with Crippen molar-refractivity contribution in [1.82, 2.24) is 19.5 Å². The van der Waals surface area contributed by atoms with E-state index in [2.05, 4.69) is 30.9 Å². The SMILES string of the molecule is COC1C(O)C(COP(=O)(OCCSC(=O)C(C)(C)C)OCCSC(=O)C(C)(C)C)OC1n1c(Br)nc2c(=O)[nH]c(N)nc21. The van der Waals surface area contributed by atoms with Gasteiger partial charge in [-0.05, 0) is 15.9 Å². The Balaban J connectivity index is 1.73. The van der Waals surface area contributed by atoms with E-state index < -0.39 is 55.4 Å². The fourth-order valence-electron chi connectivity index (χ4n) is 3.80. The molecule has 1 saturated heterocycles. The number of anilines is 1. The standard InChI is InChI=1S/C25H39BrN5O10PS2/c1-24(2,3)20(34)43-10-8-38-42(36,39-9-11-44-21(35)25(4,5)6)40-12-13-15(32)16(37-7)19(41-13)31-17-14(28-22(31)26)18(33)30-23(27)29-17/h13,15-16,19,32H,8-12H2,1-7H3,(H3,27,29,30,33). The van der Waals surface area contributed by atoms with Gasteiger partial charge in [-0.25, -0.2) is 9.55 Å². The molecule has 3 heterocycles. The van der Waals surface area contributed by atoms with E-state index in [4.69, 9.17) is 28.8 Å². The van der Waals surface area contributed by atoms with Gasteiger partial charge in [-0.3, -0.25) is 37.5 Å². The third-order valence-corrected chi connectivity index (χ3v) is 10.6. The first-order valence-electron chi connectivity index (χ1n) is 13.6. The van der Waals surface area contributed by atoms with Crippen LogP contribution in [0.15, 0.2) is 9.53 Å². The van der Waals surface area contributed by atoms with Crippen LogP contribution < -0.4 is 11.3 Å². The normalized spacial score (nSPS) is 21.3. The number of carbonyl (C=O) groups excluding carboxylic acids is 2. The molecule has 248 valence electrons. The number of nitrogen functional groups attached to an aromatic ring is 1. The van der Waals surface area contributed by atoms with Crippen LogP contribution in [0.1, 0.15) is 47.8 Å². The highest BCUT2D eigenvalue weighted by Gasteiger charge is 2.47. The highest BCUT2D eigenvalue weighted by atomic mass is 79.9. The third kappa shape index (κ3) is 9.36. The van der Waals surface area contributed by atoms with Crippen molar-refractivity contribution in [3.05, 3.63) is 15.1 Å². The van der Waals surface area contributed by atoms with Crippen molar-refractivity contribution in [3.63, 3.8) is 0 Å². The molecule has 4 atom stereocenters. The molecule has 4 N–H and O–H groups in total. The van der Waals surface area contributed by atoms with Crippen LogP contribution in [0.5, 0.6) is 0 Å². The molecule has 0 radical (unpaired) electrons. The smallest absolute Gasteiger partial charge is 0.387 e. The summed E-state index contributed by atoms with van der Waals surface area (Å²) in [6.07, 6.45) is -4.41. The van der Waals surface area contributed by atoms with Gasteiger partial charge in [0.25, 0.3) is 5.56 Å². The lowest BCUT2D eigenvalue weighted by molar-refractivity contribution is -0.118. The predicted octanol–water partition coefficient (Wildman–Crippen LogP) is 3.51. The summed E-state index contributed by atoms with van der Waals surface area (Å²) in [7, 11) is -2.89. The van der Waals surface area contributed by atoms with E-state index >= 15 is 0 Å². The molecule has 1 aliphatic rings. The number of aliphatic hydroxyl groups excluding tert-OH is 1. The first kappa shape index (κ1) is 37.1. The Kier molecular flexibility index (Phi) is 12.7. The molecule has 2 aromatic rings. The molecule has 0 saturated carbocycles. The first-order chi connectivity index (χ1) is 20.4. The van der Waals surface area contributed by atoms with E-state index in [0.717, 1.165) is 23.5 Å². The number of phosphoric ester groups is 1. The molecule has 2 aromatic heterocycles. The number of rotatable bonds is 13.